The molecule has 0 amide bonds. The number of hydrogen-bond donors (Lipinski definition) is 1. The number of rotatable bonds is 5. The Bertz CT molecular complexity index is 1200. The van der Waals surface area contributed by atoms with Crippen LogP contribution in [0.5, 0.6) is 0 Å². The minimum Gasteiger partial charge on any atom is -0.269 e. The predicted molar refractivity (Wildman–Crippen MR) is 107 cm³/mol. The Morgan fingerprint density at radius 3 is 2.43 bits per heavy atom. The predicted octanol–water partition coefficient (Wildman–Crippen LogP) is 1.95. The van der Waals surface area contributed by atoms with Crippen LogP contribution in [0.3, 0.4) is 0 Å². The summed E-state index contributed by atoms with van der Waals surface area (Å²) in [6, 6.07) is 18.4. The molecule has 0 aliphatic heterocycles. The highest BCUT2D eigenvalue weighted by Gasteiger charge is 2.16. The van der Waals surface area contributed by atoms with Crippen LogP contribution in [0, 0.1) is 0 Å². The maximum absolute atomic E-state index is 13.3. The van der Waals surface area contributed by atoms with Gasteiger partial charge in [0.15, 0.2) is 5.82 Å². The summed E-state index contributed by atoms with van der Waals surface area (Å²) in [6.45, 7) is -0.0391. The maximum Gasteiger partial charge on any atom is 0.336 e. The van der Waals surface area contributed by atoms with E-state index < -0.39 is 11.2 Å². The lowest BCUT2D eigenvalue weighted by Crippen LogP contribution is -2.40. The number of nitrogens with one attached hydrogen (secondary N) is 1. The fourth-order valence-electron chi connectivity index (χ4n) is 2.92. The second kappa shape index (κ2) is 7.65. The average Bonchev–Trinajstić information content (AvgIpc) is 3.25. The van der Waals surface area contributed by atoms with Crippen LogP contribution in [0.4, 0.5) is 0 Å². The molecular weight excluding hydrogens is 376 g/mol. The van der Waals surface area contributed by atoms with Crippen molar-refractivity contribution in [3.8, 4) is 16.9 Å². The van der Waals surface area contributed by atoms with Crippen molar-refractivity contribution in [2.45, 2.75) is 11.4 Å². The molecule has 0 aliphatic rings. The van der Waals surface area contributed by atoms with Crippen LogP contribution < -0.4 is 11.2 Å². The molecule has 4 rings (SSSR count). The first-order chi connectivity index (χ1) is 13.7. The molecule has 2 heterocycles. The normalized spacial score (nSPS) is 10.9. The molecule has 0 spiro atoms. The van der Waals surface area contributed by atoms with Crippen molar-refractivity contribution < 1.29 is 0 Å². The first-order valence-corrected chi connectivity index (χ1v) is 9.69. The molecule has 2 aromatic carbocycles. The largest absolute Gasteiger partial charge is 0.336 e. The van der Waals surface area contributed by atoms with Gasteiger partial charge in [0.2, 0.25) is 0 Å². The third-order valence-electron chi connectivity index (χ3n) is 4.29. The fourth-order valence-corrected chi connectivity index (χ4v) is 3.33. The molecule has 0 unspecified atom stereocenters. The van der Waals surface area contributed by atoms with E-state index in [2.05, 4.69) is 20.6 Å². The molecule has 0 radical (unpaired) electrons. The Morgan fingerprint density at radius 1 is 1.04 bits per heavy atom. The number of aromatic nitrogens is 6. The molecule has 8 nitrogen and oxygen atoms in total. The Hall–Kier alpha value is -3.46. The molecule has 140 valence electrons. The van der Waals surface area contributed by atoms with E-state index in [1.54, 1.807) is 11.8 Å². The van der Waals surface area contributed by atoms with Crippen molar-refractivity contribution in [1.82, 2.24) is 29.8 Å². The van der Waals surface area contributed by atoms with Gasteiger partial charge in [-0.05, 0) is 46.5 Å². The van der Waals surface area contributed by atoms with Gasteiger partial charge in [-0.2, -0.15) is 0 Å². The van der Waals surface area contributed by atoms with Crippen LogP contribution in [-0.2, 0) is 6.54 Å². The SMILES string of the molecule is CSc1ccc(-n2c(-c3ccccc3)cc(=O)n(Cc3nnn[nH]3)c2=O)cc1. The first kappa shape index (κ1) is 17.9. The standard InChI is InChI=1S/C19H16N6O2S/c1-28-15-9-7-14(8-10-15)25-16(13-5-3-2-4-6-13)11-18(26)24(19(25)27)12-17-20-22-23-21-17/h2-11H,12H2,1H3,(H,20,21,22,23). The summed E-state index contributed by atoms with van der Waals surface area (Å²) in [5, 5.41) is 13.3. The van der Waals surface area contributed by atoms with E-state index in [1.165, 1.54) is 10.6 Å². The average molecular weight is 392 g/mol. The van der Waals surface area contributed by atoms with E-state index in [4.69, 9.17) is 0 Å². The second-order valence-corrected chi connectivity index (χ2v) is 6.86. The topological polar surface area (TPSA) is 98.5 Å². The lowest BCUT2D eigenvalue weighted by molar-refractivity contribution is 0.646. The van der Waals surface area contributed by atoms with Gasteiger partial charge in [0, 0.05) is 11.0 Å². The highest BCUT2D eigenvalue weighted by atomic mass is 32.2. The van der Waals surface area contributed by atoms with Gasteiger partial charge in [0.25, 0.3) is 5.56 Å². The molecule has 0 saturated heterocycles. The third-order valence-corrected chi connectivity index (χ3v) is 5.03. The number of H-pyrrole nitrogens is 1. The number of thioether (sulfide) groups is 1. The van der Waals surface area contributed by atoms with E-state index in [9.17, 15) is 9.59 Å². The summed E-state index contributed by atoms with van der Waals surface area (Å²) < 4.78 is 2.64. The smallest absolute Gasteiger partial charge is 0.269 e. The molecule has 2 aromatic heterocycles. The summed E-state index contributed by atoms with van der Waals surface area (Å²) in [4.78, 5) is 27.1. The molecule has 4 aromatic rings. The van der Waals surface area contributed by atoms with Gasteiger partial charge in [-0.1, -0.05) is 30.3 Å². The van der Waals surface area contributed by atoms with Crippen LogP contribution in [0.2, 0.25) is 0 Å². The van der Waals surface area contributed by atoms with E-state index in [0.717, 1.165) is 15.0 Å². The van der Waals surface area contributed by atoms with E-state index >= 15 is 0 Å². The van der Waals surface area contributed by atoms with E-state index in [1.807, 2.05) is 60.9 Å². The van der Waals surface area contributed by atoms with Crippen molar-refractivity contribution in [1.29, 1.82) is 0 Å². The molecule has 0 fully saturated rings. The van der Waals surface area contributed by atoms with Crippen LogP contribution in [0.15, 0.2) is 75.1 Å². The first-order valence-electron chi connectivity index (χ1n) is 8.47. The van der Waals surface area contributed by atoms with Gasteiger partial charge in [-0.3, -0.25) is 13.9 Å². The number of nitrogens with zero attached hydrogens (tertiary/aromatic N) is 5. The van der Waals surface area contributed by atoms with E-state index in [0.29, 0.717) is 17.2 Å². The lowest BCUT2D eigenvalue weighted by atomic mass is 10.1. The summed E-state index contributed by atoms with van der Waals surface area (Å²) >= 11 is 1.62. The zero-order valence-corrected chi connectivity index (χ0v) is 15.8. The lowest BCUT2D eigenvalue weighted by Gasteiger charge is -2.15. The van der Waals surface area contributed by atoms with Gasteiger partial charge < -0.3 is 0 Å². The molecule has 0 atom stereocenters. The van der Waals surface area contributed by atoms with Crippen molar-refractivity contribution >= 4 is 11.8 Å². The summed E-state index contributed by atoms with van der Waals surface area (Å²) in [6.07, 6.45) is 1.99. The fraction of sp³-hybridized carbons (Fsp3) is 0.105. The van der Waals surface area contributed by atoms with Crippen LogP contribution in [0.25, 0.3) is 16.9 Å². The second-order valence-electron chi connectivity index (χ2n) is 5.98. The van der Waals surface area contributed by atoms with Gasteiger partial charge in [-0.15, -0.1) is 16.9 Å². The van der Waals surface area contributed by atoms with Crippen molar-refractivity contribution in [3.63, 3.8) is 0 Å². The highest BCUT2D eigenvalue weighted by Crippen LogP contribution is 2.22. The molecule has 0 aliphatic carbocycles. The number of tetrazole rings is 1. The molecule has 0 bridgehead atoms. The molecule has 28 heavy (non-hydrogen) atoms. The monoisotopic (exact) mass is 392 g/mol. The summed E-state index contributed by atoms with van der Waals surface area (Å²) in [5.74, 6) is 0.330. The van der Waals surface area contributed by atoms with Crippen LogP contribution >= 0.6 is 11.8 Å². The Balaban J connectivity index is 1.96. The van der Waals surface area contributed by atoms with Crippen LogP contribution in [0.1, 0.15) is 5.82 Å². The molecule has 9 heteroatoms. The summed E-state index contributed by atoms with van der Waals surface area (Å²) in [5.41, 5.74) is 1.10. The van der Waals surface area contributed by atoms with Gasteiger partial charge >= 0.3 is 5.69 Å². The Labute approximate surface area is 163 Å². The summed E-state index contributed by atoms with van der Waals surface area (Å²) in [7, 11) is 0. The van der Waals surface area contributed by atoms with Gasteiger partial charge in [0.1, 0.15) is 0 Å². The van der Waals surface area contributed by atoms with Crippen LogP contribution in [-0.4, -0.2) is 36.0 Å². The van der Waals surface area contributed by atoms with Gasteiger partial charge in [0.05, 0.1) is 17.9 Å². The Kier molecular flexibility index (Phi) is 4.90. The molecular formula is C19H16N6O2S. The number of aromatic amines is 1. The molecule has 0 saturated carbocycles. The minimum absolute atomic E-state index is 0.0391. The highest BCUT2D eigenvalue weighted by molar-refractivity contribution is 7.98. The van der Waals surface area contributed by atoms with Gasteiger partial charge in [-0.25, -0.2) is 9.89 Å². The zero-order chi connectivity index (χ0) is 19.5. The van der Waals surface area contributed by atoms with Crippen molar-refractivity contribution in [3.05, 3.63) is 87.3 Å². The maximum atomic E-state index is 13.3. The number of hydrogen-bond acceptors (Lipinski definition) is 6. The minimum atomic E-state index is -0.459. The quantitative estimate of drug-likeness (QED) is 0.521. The van der Waals surface area contributed by atoms with Crippen molar-refractivity contribution in [2.24, 2.45) is 0 Å². The zero-order valence-electron chi connectivity index (χ0n) is 14.9. The number of benzene rings is 2. The third kappa shape index (κ3) is 3.39. The molecule has 1 N–H and O–H groups in total. The van der Waals surface area contributed by atoms with E-state index in [-0.39, 0.29) is 6.54 Å². The Morgan fingerprint density at radius 2 is 1.79 bits per heavy atom. The van der Waals surface area contributed by atoms with Crippen molar-refractivity contribution in [2.75, 3.05) is 6.26 Å².